The molecule has 1 aromatic heterocycles. The van der Waals surface area contributed by atoms with E-state index in [4.69, 9.17) is 4.74 Å². The molecule has 5 rings (SSSR count). The van der Waals surface area contributed by atoms with Crippen molar-refractivity contribution in [2.45, 2.75) is 26.3 Å². The number of amides is 2. The van der Waals surface area contributed by atoms with Crippen LogP contribution in [0.3, 0.4) is 0 Å². The Bertz CT molecular complexity index is 1160. The van der Waals surface area contributed by atoms with E-state index in [1.807, 2.05) is 54.7 Å². The molecule has 6 nitrogen and oxygen atoms in total. The summed E-state index contributed by atoms with van der Waals surface area (Å²) in [7, 11) is 0. The summed E-state index contributed by atoms with van der Waals surface area (Å²) in [5, 5.41) is 5.16. The van der Waals surface area contributed by atoms with Gasteiger partial charge >= 0.3 is 0 Å². The lowest BCUT2D eigenvalue weighted by Crippen LogP contribution is -2.29. The van der Waals surface area contributed by atoms with Gasteiger partial charge in [0.15, 0.2) is 0 Å². The Labute approximate surface area is 197 Å². The molecule has 0 aliphatic carbocycles. The van der Waals surface area contributed by atoms with Gasteiger partial charge in [-0.25, -0.2) is 0 Å². The minimum absolute atomic E-state index is 0.0597. The Morgan fingerprint density at radius 1 is 1.15 bits per heavy atom. The van der Waals surface area contributed by atoms with Gasteiger partial charge in [0.1, 0.15) is 5.75 Å². The zero-order valence-electron chi connectivity index (χ0n) is 18.6. The van der Waals surface area contributed by atoms with Crippen LogP contribution in [0.15, 0.2) is 60.0 Å². The van der Waals surface area contributed by atoms with Gasteiger partial charge in [0, 0.05) is 42.3 Å². The average molecular weight is 462 g/mol. The summed E-state index contributed by atoms with van der Waals surface area (Å²) < 4.78 is 5.67. The molecule has 1 unspecified atom stereocenters. The van der Waals surface area contributed by atoms with Crippen molar-refractivity contribution in [3.8, 4) is 5.75 Å². The number of ether oxygens (including phenoxy) is 1. The van der Waals surface area contributed by atoms with E-state index in [0.29, 0.717) is 18.9 Å². The molecule has 1 N–H and O–H groups in total. The van der Waals surface area contributed by atoms with Gasteiger partial charge in [-0.05, 0) is 66.8 Å². The molecule has 7 heteroatoms. The fraction of sp³-hybridized carbons (Fsp3) is 0.308. The maximum atomic E-state index is 12.9. The summed E-state index contributed by atoms with van der Waals surface area (Å²) in [5.41, 5.74) is 4.03. The number of nitrogens with one attached hydrogen (secondary N) is 1. The van der Waals surface area contributed by atoms with E-state index < -0.39 is 5.92 Å². The first-order chi connectivity index (χ1) is 16.1. The topological polar surface area (TPSA) is 61.9 Å². The van der Waals surface area contributed by atoms with Gasteiger partial charge in [0.25, 0.3) is 0 Å². The Balaban J connectivity index is 1.22. The molecule has 33 heavy (non-hydrogen) atoms. The van der Waals surface area contributed by atoms with Crippen molar-refractivity contribution in [1.29, 1.82) is 0 Å². The lowest BCUT2D eigenvalue weighted by atomic mass is 10.1. The molecule has 0 radical (unpaired) electrons. The van der Waals surface area contributed by atoms with E-state index in [1.54, 1.807) is 4.90 Å². The van der Waals surface area contributed by atoms with Gasteiger partial charge in [0.05, 0.1) is 18.2 Å². The fourth-order valence-electron chi connectivity index (χ4n) is 4.54. The number of fused-ring (bicyclic) bond motifs is 1. The molecule has 0 saturated carbocycles. The molecule has 0 spiro atoms. The maximum Gasteiger partial charge on any atom is 0.229 e. The number of carbonyl (C=O) groups is 2. The second kappa shape index (κ2) is 9.27. The van der Waals surface area contributed by atoms with Crippen molar-refractivity contribution in [2.75, 3.05) is 34.8 Å². The van der Waals surface area contributed by atoms with E-state index >= 15 is 0 Å². The Morgan fingerprint density at radius 2 is 1.97 bits per heavy atom. The highest BCUT2D eigenvalue weighted by Crippen LogP contribution is 2.34. The fourth-order valence-corrected chi connectivity index (χ4v) is 5.43. The van der Waals surface area contributed by atoms with Crippen LogP contribution in [0, 0.1) is 5.92 Å². The van der Waals surface area contributed by atoms with E-state index in [1.165, 1.54) is 10.4 Å². The lowest BCUT2D eigenvalue weighted by molar-refractivity contribution is -0.122. The quantitative estimate of drug-likeness (QED) is 0.578. The average Bonchev–Trinajstić information content (AvgIpc) is 3.46. The minimum Gasteiger partial charge on any atom is -0.492 e. The van der Waals surface area contributed by atoms with Gasteiger partial charge in [-0.2, -0.15) is 0 Å². The number of hydrogen-bond donors (Lipinski definition) is 1. The zero-order valence-corrected chi connectivity index (χ0v) is 19.4. The molecular weight excluding hydrogens is 434 g/mol. The number of rotatable bonds is 6. The highest BCUT2D eigenvalue weighted by Gasteiger charge is 2.36. The summed E-state index contributed by atoms with van der Waals surface area (Å²) in [5.74, 6) is 0.0761. The van der Waals surface area contributed by atoms with Gasteiger partial charge in [-0.1, -0.05) is 12.1 Å². The summed E-state index contributed by atoms with van der Waals surface area (Å²) in [6, 6.07) is 17.7. The molecule has 3 aromatic rings. The van der Waals surface area contributed by atoms with Crippen molar-refractivity contribution in [2.24, 2.45) is 5.92 Å². The normalized spacial score (nSPS) is 17.7. The molecule has 2 aromatic carbocycles. The number of benzene rings is 2. The predicted molar refractivity (Wildman–Crippen MR) is 132 cm³/mol. The number of nitrogens with zero attached hydrogens (tertiary/aromatic N) is 2. The SMILES string of the molecule is CCOc1ccccc1N1CC(C(=O)Nc2ccc(N3CCc4sccc4C3)cc2)CC1=O. The highest BCUT2D eigenvalue weighted by atomic mass is 32.1. The summed E-state index contributed by atoms with van der Waals surface area (Å²) in [4.78, 5) is 31.1. The van der Waals surface area contributed by atoms with Gasteiger partial charge < -0.3 is 19.9 Å². The first kappa shape index (κ1) is 21.5. The molecule has 1 atom stereocenters. The van der Waals surface area contributed by atoms with Crippen LogP contribution in [0.4, 0.5) is 17.1 Å². The van der Waals surface area contributed by atoms with E-state index in [0.717, 1.165) is 36.6 Å². The zero-order chi connectivity index (χ0) is 22.8. The second-order valence-corrected chi connectivity index (χ2v) is 9.38. The third-order valence-corrected chi connectivity index (χ3v) is 7.28. The lowest BCUT2D eigenvalue weighted by Gasteiger charge is -2.29. The molecule has 2 aliphatic heterocycles. The van der Waals surface area contributed by atoms with Crippen LogP contribution in [-0.2, 0) is 22.6 Å². The molecule has 2 amide bonds. The van der Waals surface area contributed by atoms with Crippen LogP contribution in [0.2, 0.25) is 0 Å². The maximum absolute atomic E-state index is 12.9. The molecule has 3 heterocycles. The Hall–Kier alpha value is -3.32. The van der Waals surface area contributed by atoms with Gasteiger partial charge in [0.2, 0.25) is 11.8 Å². The van der Waals surface area contributed by atoms with Crippen LogP contribution in [0.1, 0.15) is 23.8 Å². The summed E-state index contributed by atoms with van der Waals surface area (Å²) >= 11 is 1.84. The van der Waals surface area contributed by atoms with E-state index in [-0.39, 0.29) is 18.2 Å². The molecule has 0 bridgehead atoms. The van der Waals surface area contributed by atoms with Crippen LogP contribution in [-0.4, -0.2) is 31.5 Å². The second-order valence-electron chi connectivity index (χ2n) is 8.38. The third kappa shape index (κ3) is 4.46. The number of hydrogen-bond acceptors (Lipinski definition) is 5. The predicted octanol–water partition coefficient (Wildman–Crippen LogP) is 4.70. The highest BCUT2D eigenvalue weighted by molar-refractivity contribution is 7.10. The smallest absolute Gasteiger partial charge is 0.229 e. The number of para-hydroxylation sites is 2. The number of thiophene rings is 1. The molecular formula is C26H27N3O3S. The van der Waals surface area contributed by atoms with Crippen LogP contribution >= 0.6 is 11.3 Å². The van der Waals surface area contributed by atoms with Crippen LogP contribution < -0.4 is 19.9 Å². The monoisotopic (exact) mass is 461 g/mol. The van der Waals surface area contributed by atoms with Crippen molar-refractivity contribution in [3.05, 3.63) is 70.4 Å². The van der Waals surface area contributed by atoms with Crippen LogP contribution in [0.5, 0.6) is 5.75 Å². The minimum atomic E-state index is -0.397. The van der Waals surface area contributed by atoms with E-state index in [2.05, 4.69) is 33.8 Å². The first-order valence-corrected chi connectivity index (χ1v) is 12.2. The van der Waals surface area contributed by atoms with Crippen molar-refractivity contribution >= 4 is 40.2 Å². The Kier molecular flexibility index (Phi) is 6.05. The number of carbonyl (C=O) groups excluding carboxylic acids is 2. The van der Waals surface area contributed by atoms with E-state index in [9.17, 15) is 9.59 Å². The van der Waals surface area contributed by atoms with Gasteiger partial charge in [-0.3, -0.25) is 9.59 Å². The van der Waals surface area contributed by atoms with Crippen LogP contribution in [0.25, 0.3) is 0 Å². The van der Waals surface area contributed by atoms with Gasteiger partial charge in [-0.15, -0.1) is 11.3 Å². The summed E-state index contributed by atoms with van der Waals surface area (Å²) in [6.07, 6.45) is 1.27. The van der Waals surface area contributed by atoms with Crippen molar-refractivity contribution in [3.63, 3.8) is 0 Å². The standard InChI is InChI=1S/C26H27N3O3S/c1-2-32-23-6-4-3-5-22(23)29-17-19(15-25(29)30)26(31)27-20-7-9-21(10-8-20)28-13-11-24-18(16-28)12-14-33-24/h3-10,12,14,19H,2,11,13,15-17H2,1H3,(H,27,31). The molecule has 170 valence electrons. The number of anilines is 3. The Morgan fingerprint density at radius 3 is 2.79 bits per heavy atom. The molecule has 1 fully saturated rings. The first-order valence-electron chi connectivity index (χ1n) is 11.4. The molecule has 2 aliphatic rings. The molecule has 1 saturated heterocycles. The largest absolute Gasteiger partial charge is 0.492 e. The third-order valence-electron chi connectivity index (χ3n) is 6.26. The van der Waals surface area contributed by atoms with Crippen molar-refractivity contribution in [1.82, 2.24) is 0 Å². The summed E-state index contributed by atoms with van der Waals surface area (Å²) in [6.45, 7) is 4.71. The van der Waals surface area contributed by atoms with Crippen molar-refractivity contribution < 1.29 is 14.3 Å².